The zero-order valence-corrected chi connectivity index (χ0v) is 23.2. The van der Waals surface area contributed by atoms with Gasteiger partial charge in [-0.15, -0.1) is 0 Å². The number of carbonyl (C=O) groups is 2. The van der Waals surface area contributed by atoms with Gasteiger partial charge in [0.2, 0.25) is 21.8 Å². The summed E-state index contributed by atoms with van der Waals surface area (Å²) >= 11 is 6.14. The minimum atomic E-state index is -3.90. The average Bonchev–Trinajstić information content (AvgIpc) is 2.83. The Labute approximate surface area is 219 Å². The number of nitrogens with zero attached hydrogens (tertiary/aromatic N) is 2. The summed E-state index contributed by atoms with van der Waals surface area (Å²) in [6, 6.07) is 11.4. The summed E-state index contributed by atoms with van der Waals surface area (Å²) in [5.74, 6) is -0.523. The number of rotatable bonds is 13. The highest BCUT2D eigenvalue weighted by molar-refractivity contribution is 7.92. The molecule has 0 saturated carbocycles. The number of amides is 2. The van der Waals surface area contributed by atoms with E-state index < -0.39 is 28.5 Å². The standard InChI is InChI=1S/C26H36ClN3O5S/c1-6-8-15-28-26(32)22(7-2)29(17-20-11-9-19(3)10-12-20)25(31)18-30(36(5,33)34)23-16-21(27)13-14-24(23)35-4/h9-14,16,22H,6-8,15,17-18H2,1-5H3,(H,28,32). The Morgan fingerprint density at radius 3 is 2.33 bits per heavy atom. The SMILES string of the molecule is CCCCNC(=O)C(CC)N(Cc1ccc(C)cc1)C(=O)CN(c1cc(Cl)ccc1OC)S(C)(=O)=O. The van der Waals surface area contributed by atoms with E-state index in [1.807, 2.05) is 45.0 Å². The fraction of sp³-hybridized carbons (Fsp3) is 0.462. The van der Waals surface area contributed by atoms with E-state index in [0.717, 1.165) is 34.5 Å². The molecule has 10 heteroatoms. The number of nitrogens with one attached hydrogen (secondary N) is 1. The molecule has 1 unspecified atom stereocenters. The van der Waals surface area contributed by atoms with Crippen molar-refractivity contribution in [2.75, 3.05) is 30.8 Å². The van der Waals surface area contributed by atoms with Gasteiger partial charge in [-0.05, 0) is 43.5 Å². The molecule has 1 atom stereocenters. The molecule has 0 spiro atoms. The number of unbranched alkanes of at least 4 members (excludes halogenated alkanes) is 1. The first kappa shape index (κ1) is 29.5. The van der Waals surface area contributed by atoms with Gasteiger partial charge in [-0.1, -0.05) is 61.7 Å². The van der Waals surface area contributed by atoms with Gasteiger partial charge in [0, 0.05) is 18.1 Å². The number of hydrogen-bond acceptors (Lipinski definition) is 5. The number of hydrogen-bond donors (Lipinski definition) is 1. The van der Waals surface area contributed by atoms with E-state index in [1.54, 1.807) is 12.1 Å². The van der Waals surface area contributed by atoms with E-state index in [4.69, 9.17) is 16.3 Å². The summed E-state index contributed by atoms with van der Waals surface area (Å²) in [5.41, 5.74) is 2.05. The number of sulfonamides is 1. The number of benzene rings is 2. The van der Waals surface area contributed by atoms with E-state index in [0.29, 0.717) is 18.0 Å². The third-order valence-electron chi connectivity index (χ3n) is 5.78. The van der Waals surface area contributed by atoms with Gasteiger partial charge in [0.1, 0.15) is 18.3 Å². The Hall–Kier alpha value is -2.78. The first-order chi connectivity index (χ1) is 17.0. The third-order valence-corrected chi connectivity index (χ3v) is 7.14. The van der Waals surface area contributed by atoms with Crippen LogP contribution in [0.4, 0.5) is 5.69 Å². The molecule has 198 valence electrons. The molecule has 0 aliphatic heterocycles. The molecule has 2 amide bonds. The van der Waals surface area contributed by atoms with Crippen LogP contribution in [0.3, 0.4) is 0 Å². The van der Waals surface area contributed by atoms with E-state index in [9.17, 15) is 18.0 Å². The van der Waals surface area contributed by atoms with Crippen molar-refractivity contribution in [3.05, 3.63) is 58.6 Å². The highest BCUT2D eigenvalue weighted by atomic mass is 35.5. The fourth-order valence-corrected chi connectivity index (χ4v) is 4.78. The third kappa shape index (κ3) is 8.13. The van der Waals surface area contributed by atoms with Crippen LogP contribution in [-0.4, -0.2) is 57.6 Å². The molecule has 0 aromatic heterocycles. The van der Waals surface area contributed by atoms with E-state index in [2.05, 4.69) is 5.32 Å². The predicted molar refractivity (Wildman–Crippen MR) is 144 cm³/mol. The summed E-state index contributed by atoms with van der Waals surface area (Å²) in [5, 5.41) is 3.20. The van der Waals surface area contributed by atoms with Gasteiger partial charge in [0.15, 0.2) is 0 Å². The van der Waals surface area contributed by atoms with Crippen LogP contribution in [0.2, 0.25) is 5.02 Å². The second-order valence-corrected chi connectivity index (χ2v) is 11.0. The molecule has 0 bridgehead atoms. The topological polar surface area (TPSA) is 96.0 Å². The van der Waals surface area contributed by atoms with Crippen LogP contribution in [0.1, 0.15) is 44.2 Å². The summed E-state index contributed by atoms with van der Waals surface area (Å²) in [6.07, 6.45) is 3.13. The minimum absolute atomic E-state index is 0.150. The Morgan fingerprint density at radius 2 is 1.78 bits per heavy atom. The second kappa shape index (κ2) is 13.5. The Kier molecular flexibility index (Phi) is 11.0. The van der Waals surface area contributed by atoms with Crippen LogP contribution in [0, 0.1) is 6.92 Å². The van der Waals surface area contributed by atoms with Gasteiger partial charge in [0.05, 0.1) is 19.1 Å². The van der Waals surface area contributed by atoms with Crippen LogP contribution in [0.15, 0.2) is 42.5 Å². The highest BCUT2D eigenvalue weighted by Gasteiger charge is 2.32. The molecule has 0 aliphatic rings. The first-order valence-electron chi connectivity index (χ1n) is 12.0. The summed E-state index contributed by atoms with van der Waals surface area (Å²) in [4.78, 5) is 28.2. The monoisotopic (exact) mass is 537 g/mol. The molecule has 8 nitrogen and oxygen atoms in total. The lowest BCUT2D eigenvalue weighted by atomic mass is 10.1. The lowest BCUT2D eigenvalue weighted by molar-refractivity contribution is -0.140. The Morgan fingerprint density at radius 1 is 1.11 bits per heavy atom. The number of aryl methyl sites for hydroxylation is 1. The molecular weight excluding hydrogens is 502 g/mol. The smallest absolute Gasteiger partial charge is 0.244 e. The molecule has 0 fully saturated rings. The van der Waals surface area contributed by atoms with Gasteiger partial charge in [0.25, 0.3) is 0 Å². The molecule has 2 aromatic carbocycles. The fourth-order valence-electron chi connectivity index (χ4n) is 3.77. The van der Waals surface area contributed by atoms with Crippen LogP contribution in [0.25, 0.3) is 0 Å². The van der Waals surface area contributed by atoms with Crippen molar-refractivity contribution in [1.82, 2.24) is 10.2 Å². The number of methoxy groups -OCH3 is 1. The summed E-state index contributed by atoms with van der Waals surface area (Å²) in [7, 11) is -2.49. The number of ether oxygens (including phenoxy) is 1. The number of halogens is 1. The Balaban J connectivity index is 2.46. The van der Waals surface area contributed by atoms with Crippen LogP contribution < -0.4 is 14.4 Å². The van der Waals surface area contributed by atoms with Crippen molar-refractivity contribution >= 4 is 39.1 Å². The van der Waals surface area contributed by atoms with Gasteiger partial charge >= 0.3 is 0 Å². The lowest BCUT2D eigenvalue weighted by Gasteiger charge is -2.33. The molecule has 0 heterocycles. The molecule has 0 radical (unpaired) electrons. The van der Waals surface area contributed by atoms with Crippen molar-refractivity contribution < 1.29 is 22.7 Å². The molecule has 36 heavy (non-hydrogen) atoms. The molecule has 1 N–H and O–H groups in total. The van der Waals surface area contributed by atoms with Crippen molar-refractivity contribution in [1.29, 1.82) is 0 Å². The quantitative estimate of drug-likeness (QED) is 0.387. The number of carbonyl (C=O) groups excluding carboxylic acids is 2. The zero-order valence-electron chi connectivity index (χ0n) is 21.6. The molecule has 2 aromatic rings. The molecule has 2 rings (SSSR count). The van der Waals surface area contributed by atoms with Crippen LogP contribution in [0.5, 0.6) is 5.75 Å². The van der Waals surface area contributed by atoms with Crippen molar-refractivity contribution in [3.8, 4) is 5.75 Å². The minimum Gasteiger partial charge on any atom is -0.495 e. The van der Waals surface area contributed by atoms with Crippen LogP contribution in [-0.2, 0) is 26.2 Å². The molecule has 0 saturated heterocycles. The maximum atomic E-state index is 13.7. The summed E-state index contributed by atoms with van der Waals surface area (Å²) < 4.78 is 31.9. The normalized spacial score (nSPS) is 12.1. The maximum Gasteiger partial charge on any atom is 0.244 e. The van der Waals surface area contributed by atoms with E-state index in [-0.39, 0.29) is 23.9 Å². The average molecular weight is 538 g/mol. The molecular formula is C26H36ClN3O5S. The van der Waals surface area contributed by atoms with Crippen molar-refractivity contribution in [2.45, 2.75) is 52.6 Å². The first-order valence-corrected chi connectivity index (χ1v) is 14.2. The predicted octanol–water partition coefficient (Wildman–Crippen LogP) is 4.15. The maximum absolute atomic E-state index is 13.7. The Bertz CT molecular complexity index is 1140. The van der Waals surface area contributed by atoms with E-state index >= 15 is 0 Å². The zero-order chi connectivity index (χ0) is 26.9. The van der Waals surface area contributed by atoms with Crippen LogP contribution >= 0.6 is 11.6 Å². The lowest BCUT2D eigenvalue weighted by Crippen LogP contribution is -2.52. The summed E-state index contributed by atoms with van der Waals surface area (Å²) in [6.45, 7) is 5.97. The second-order valence-electron chi connectivity index (χ2n) is 8.66. The molecule has 0 aliphatic carbocycles. The highest BCUT2D eigenvalue weighted by Crippen LogP contribution is 2.33. The van der Waals surface area contributed by atoms with E-state index in [1.165, 1.54) is 18.1 Å². The van der Waals surface area contributed by atoms with Crippen molar-refractivity contribution in [2.24, 2.45) is 0 Å². The van der Waals surface area contributed by atoms with Gasteiger partial charge in [-0.3, -0.25) is 13.9 Å². The van der Waals surface area contributed by atoms with Gasteiger partial charge < -0.3 is 15.0 Å². The van der Waals surface area contributed by atoms with Crippen molar-refractivity contribution in [3.63, 3.8) is 0 Å². The van der Waals surface area contributed by atoms with Gasteiger partial charge in [-0.25, -0.2) is 8.42 Å². The largest absolute Gasteiger partial charge is 0.495 e. The van der Waals surface area contributed by atoms with Gasteiger partial charge in [-0.2, -0.15) is 0 Å². The number of anilines is 1.